The molecule has 0 bridgehead atoms. The number of amides is 4. The SMILES string of the molecule is CCC[C@@H](NC(=O)Nc1ccc(Cl)s1)C(=O)Nc1ccc(N2CCCCC2=O)nc1. The molecule has 0 saturated carbocycles. The second kappa shape index (κ2) is 10.4. The lowest BCUT2D eigenvalue weighted by molar-refractivity contribution is -0.119. The van der Waals surface area contributed by atoms with Gasteiger partial charge in [-0.3, -0.25) is 19.8 Å². The molecule has 8 nitrogen and oxygen atoms in total. The summed E-state index contributed by atoms with van der Waals surface area (Å²) < 4.78 is 0.565. The van der Waals surface area contributed by atoms with Gasteiger partial charge in [-0.25, -0.2) is 9.78 Å². The van der Waals surface area contributed by atoms with Gasteiger partial charge < -0.3 is 10.6 Å². The van der Waals surface area contributed by atoms with E-state index in [0.717, 1.165) is 19.3 Å². The maximum atomic E-state index is 12.7. The van der Waals surface area contributed by atoms with Gasteiger partial charge in [0.15, 0.2) is 0 Å². The van der Waals surface area contributed by atoms with E-state index in [4.69, 9.17) is 11.6 Å². The molecular formula is C20H24ClN5O3S. The molecule has 0 aromatic carbocycles. The van der Waals surface area contributed by atoms with Gasteiger partial charge in [-0.15, -0.1) is 11.3 Å². The van der Waals surface area contributed by atoms with Crippen LogP contribution in [0.5, 0.6) is 0 Å². The van der Waals surface area contributed by atoms with Gasteiger partial charge >= 0.3 is 6.03 Å². The molecule has 30 heavy (non-hydrogen) atoms. The maximum absolute atomic E-state index is 12.7. The van der Waals surface area contributed by atoms with E-state index in [9.17, 15) is 14.4 Å². The van der Waals surface area contributed by atoms with Crippen LogP contribution in [0, 0.1) is 0 Å². The van der Waals surface area contributed by atoms with Crippen LogP contribution in [0.1, 0.15) is 39.0 Å². The number of hydrogen-bond donors (Lipinski definition) is 3. The fraction of sp³-hybridized carbons (Fsp3) is 0.400. The van der Waals surface area contributed by atoms with Crippen molar-refractivity contribution in [2.75, 3.05) is 22.1 Å². The highest BCUT2D eigenvalue weighted by Crippen LogP contribution is 2.26. The van der Waals surface area contributed by atoms with Crippen molar-refractivity contribution in [2.45, 2.75) is 45.1 Å². The molecule has 10 heteroatoms. The minimum Gasteiger partial charge on any atom is -0.326 e. The molecular weight excluding hydrogens is 426 g/mol. The quantitative estimate of drug-likeness (QED) is 0.588. The van der Waals surface area contributed by atoms with E-state index >= 15 is 0 Å². The van der Waals surface area contributed by atoms with Crippen LogP contribution >= 0.6 is 22.9 Å². The Bertz CT molecular complexity index is 902. The van der Waals surface area contributed by atoms with Crippen LogP contribution < -0.4 is 20.9 Å². The number of aromatic nitrogens is 1. The summed E-state index contributed by atoms with van der Waals surface area (Å²) in [7, 11) is 0. The van der Waals surface area contributed by atoms with Crippen molar-refractivity contribution in [1.29, 1.82) is 0 Å². The smallest absolute Gasteiger partial charge is 0.320 e. The number of pyridine rings is 1. The molecule has 3 heterocycles. The first kappa shape index (κ1) is 22.0. The first-order valence-electron chi connectivity index (χ1n) is 9.86. The molecule has 3 rings (SSSR count). The van der Waals surface area contributed by atoms with Crippen LogP contribution in [-0.4, -0.2) is 35.4 Å². The summed E-state index contributed by atoms with van der Waals surface area (Å²) in [6.45, 7) is 2.59. The molecule has 2 aromatic heterocycles. The monoisotopic (exact) mass is 449 g/mol. The minimum absolute atomic E-state index is 0.0655. The summed E-state index contributed by atoms with van der Waals surface area (Å²) in [4.78, 5) is 42.9. The predicted octanol–water partition coefficient (Wildman–Crippen LogP) is 4.24. The number of carbonyl (C=O) groups is 3. The van der Waals surface area contributed by atoms with Crippen molar-refractivity contribution < 1.29 is 14.4 Å². The number of rotatable bonds is 7. The van der Waals surface area contributed by atoms with Gasteiger partial charge in [-0.1, -0.05) is 24.9 Å². The topological polar surface area (TPSA) is 103 Å². The zero-order valence-electron chi connectivity index (χ0n) is 16.6. The summed E-state index contributed by atoms with van der Waals surface area (Å²) >= 11 is 7.10. The lowest BCUT2D eigenvalue weighted by Gasteiger charge is -2.25. The number of nitrogens with zero attached hydrogens (tertiary/aromatic N) is 2. The number of thiophene rings is 1. The Labute approximate surface area is 184 Å². The van der Waals surface area contributed by atoms with E-state index in [1.807, 2.05) is 6.92 Å². The fourth-order valence-electron chi connectivity index (χ4n) is 3.14. The van der Waals surface area contributed by atoms with Gasteiger partial charge in [-0.05, 0) is 43.5 Å². The fourth-order valence-corrected chi connectivity index (χ4v) is 4.08. The Kier molecular flexibility index (Phi) is 7.64. The van der Waals surface area contributed by atoms with Crippen LogP contribution in [0.25, 0.3) is 0 Å². The van der Waals surface area contributed by atoms with Crippen molar-refractivity contribution in [3.8, 4) is 0 Å². The number of piperidine rings is 1. The normalized spacial score (nSPS) is 14.9. The summed E-state index contributed by atoms with van der Waals surface area (Å²) in [5.74, 6) is 0.311. The van der Waals surface area contributed by atoms with Crippen molar-refractivity contribution in [2.24, 2.45) is 0 Å². The third-order valence-electron chi connectivity index (χ3n) is 4.62. The number of nitrogens with one attached hydrogen (secondary N) is 3. The number of hydrogen-bond acceptors (Lipinski definition) is 5. The molecule has 1 fully saturated rings. The molecule has 1 aliphatic heterocycles. The first-order valence-corrected chi connectivity index (χ1v) is 11.1. The lowest BCUT2D eigenvalue weighted by Crippen LogP contribution is -2.45. The summed E-state index contributed by atoms with van der Waals surface area (Å²) in [6.07, 6.45) is 5.12. The number of urea groups is 1. The van der Waals surface area contributed by atoms with Crippen molar-refractivity contribution in [1.82, 2.24) is 10.3 Å². The first-order chi connectivity index (χ1) is 14.5. The van der Waals surface area contributed by atoms with Crippen LogP contribution in [-0.2, 0) is 9.59 Å². The van der Waals surface area contributed by atoms with E-state index < -0.39 is 12.1 Å². The Morgan fingerprint density at radius 1 is 1.23 bits per heavy atom. The molecule has 0 radical (unpaired) electrons. The van der Waals surface area contributed by atoms with Crippen LogP contribution in [0.4, 0.5) is 21.3 Å². The Morgan fingerprint density at radius 3 is 2.70 bits per heavy atom. The molecule has 0 spiro atoms. The average Bonchev–Trinajstić information content (AvgIpc) is 3.13. The van der Waals surface area contributed by atoms with Gasteiger partial charge in [0.25, 0.3) is 0 Å². The third kappa shape index (κ3) is 5.93. The second-order valence-corrected chi connectivity index (χ2v) is 8.66. The van der Waals surface area contributed by atoms with Crippen LogP contribution in [0.3, 0.4) is 0 Å². The minimum atomic E-state index is -0.700. The molecule has 3 N–H and O–H groups in total. The molecule has 4 amide bonds. The van der Waals surface area contributed by atoms with Crippen LogP contribution in [0.15, 0.2) is 30.5 Å². The molecule has 1 atom stereocenters. The zero-order chi connectivity index (χ0) is 21.5. The molecule has 160 valence electrons. The van der Waals surface area contributed by atoms with Gasteiger partial charge in [0.05, 0.1) is 21.2 Å². The second-order valence-electron chi connectivity index (χ2n) is 6.94. The molecule has 1 aliphatic rings. The lowest BCUT2D eigenvalue weighted by atomic mass is 10.1. The van der Waals surface area contributed by atoms with Gasteiger partial charge in [0.1, 0.15) is 11.9 Å². The van der Waals surface area contributed by atoms with E-state index in [-0.39, 0.29) is 11.8 Å². The molecule has 0 aliphatic carbocycles. The van der Waals surface area contributed by atoms with Crippen molar-refractivity contribution in [3.05, 3.63) is 34.8 Å². The summed E-state index contributed by atoms with van der Waals surface area (Å²) in [6, 6.07) is 5.63. The summed E-state index contributed by atoms with van der Waals surface area (Å²) in [5, 5.41) is 8.74. The zero-order valence-corrected chi connectivity index (χ0v) is 18.2. The third-order valence-corrected chi connectivity index (χ3v) is 5.77. The maximum Gasteiger partial charge on any atom is 0.320 e. The number of carbonyl (C=O) groups excluding carboxylic acids is 3. The van der Waals surface area contributed by atoms with Crippen molar-refractivity contribution in [3.63, 3.8) is 0 Å². The van der Waals surface area contributed by atoms with Crippen molar-refractivity contribution >= 4 is 57.3 Å². The molecule has 0 unspecified atom stereocenters. The van der Waals surface area contributed by atoms with E-state index in [1.165, 1.54) is 17.5 Å². The highest BCUT2D eigenvalue weighted by Gasteiger charge is 2.22. The van der Waals surface area contributed by atoms with Gasteiger partial charge in [0.2, 0.25) is 11.8 Å². The Balaban J connectivity index is 1.58. The Hall–Kier alpha value is -2.65. The van der Waals surface area contributed by atoms with E-state index in [1.54, 1.807) is 29.2 Å². The summed E-state index contributed by atoms with van der Waals surface area (Å²) in [5.41, 5.74) is 0.501. The van der Waals surface area contributed by atoms with Gasteiger partial charge in [0, 0.05) is 13.0 Å². The predicted molar refractivity (Wildman–Crippen MR) is 119 cm³/mol. The standard InChI is InChI=1S/C20H24ClN5O3S/c1-2-5-14(24-20(29)25-17-10-8-15(21)30-17)19(28)23-13-7-9-16(22-12-13)26-11-4-3-6-18(26)27/h7-10,12,14H,2-6,11H2,1H3,(H,23,28)(H2,24,25,29)/t14-/m1/s1. The average molecular weight is 450 g/mol. The number of halogens is 1. The largest absolute Gasteiger partial charge is 0.326 e. The highest BCUT2D eigenvalue weighted by atomic mass is 35.5. The van der Waals surface area contributed by atoms with Crippen LogP contribution in [0.2, 0.25) is 4.34 Å². The molecule has 1 saturated heterocycles. The highest BCUT2D eigenvalue weighted by molar-refractivity contribution is 7.20. The Morgan fingerprint density at radius 2 is 2.07 bits per heavy atom. The number of anilines is 3. The molecule has 2 aromatic rings. The van der Waals surface area contributed by atoms with E-state index in [0.29, 0.717) is 40.2 Å². The van der Waals surface area contributed by atoms with Gasteiger partial charge in [-0.2, -0.15) is 0 Å². The van der Waals surface area contributed by atoms with E-state index in [2.05, 4.69) is 20.9 Å².